The average Bonchev–Trinajstić information content (AvgIpc) is 2.66. The predicted octanol–water partition coefficient (Wildman–Crippen LogP) is 1.46. The number of anilines is 1. The van der Waals surface area contributed by atoms with Gasteiger partial charge >= 0.3 is 0 Å². The number of nitrogen functional groups attached to an aromatic ring is 1. The average molecular weight is 247 g/mol. The number of imidazole rings is 1. The van der Waals surface area contributed by atoms with Crippen LogP contribution in [-0.2, 0) is 11.3 Å². The highest BCUT2D eigenvalue weighted by atomic mass is 16.5. The third-order valence-electron chi connectivity index (χ3n) is 3.70. The van der Waals surface area contributed by atoms with Crippen LogP contribution < -0.4 is 5.73 Å². The Labute approximate surface area is 105 Å². The van der Waals surface area contributed by atoms with Gasteiger partial charge in [-0.1, -0.05) is 0 Å². The first-order valence-electron chi connectivity index (χ1n) is 6.13. The van der Waals surface area contributed by atoms with E-state index in [9.17, 15) is 5.11 Å². The maximum atomic E-state index is 9.43. The van der Waals surface area contributed by atoms with Crippen LogP contribution in [0.3, 0.4) is 0 Å². The third-order valence-corrected chi connectivity index (χ3v) is 3.70. The highest BCUT2D eigenvalue weighted by Crippen LogP contribution is 2.37. The zero-order valence-electron chi connectivity index (χ0n) is 10.3. The minimum atomic E-state index is -0.0528. The van der Waals surface area contributed by atoms with E-state index < -0.39 is 0 Å². The lowest BCUT2D eigenvalue weighted by atomic mass is 9.88. The van der Waals surface area contributed by atoms with Crippen LogP contribution in [0.2, 0.25) is 0 Å². The van der Waals surface area contributed by atoms with Crippen molar-refractivity contribution in [3.63, 3.8) is 0 Å². The van der Waals surface area contributed by atoms with E-state index in [1.165, 1.54) is 0 Å². The van der Waals surface area contributed by atoms with Gasteiger partial charge in [-0.2, -0.15) is 0 Å². The molecule has 1 heterocycles. The van der Waals surface area contributed by atoms with E-state index in [0.717, 1.165) is 23.9 Å². The van der Waals surface area contributed by atoms with Crippen molar-refractivity contribution in [1.29, 1.82) is 0 Å². The van der Waals surface area contributed by atoms with Crippen molar-refractivity contribution in [3.05, 3.63) is 24.0 Å². The molecular formula is C13H17N3O2. The van der Waals surface area contributed by atoms with Gasteiger partial charge in [0.1, 0.15) is 12.4 Å². The number of hydrogen-bond acceptors (Lipinski definition) is 4. The minimum Gasteiger partial charge on any atom is -0.399 e. The van der Waals surface area contributed by atoms with Crippen molar-refractivity contribution < 1.29 is 9.84 Å². The van der Waals surface area contributed by atoms with Crippen LogP contribution in [-0.4, -0.2) is 27.9 Å². The first-order valence-corrected chi connectivity index (χ1v) is 6.13. The van der Waals surface area contributed by atoms with Crippen LogP contribution in [0.1, 0.15) is 24.7 Å². The zero-order valence-corrected chi connectivity index (χ0v) is 10.3. The molecule has 0 amide bonds. The number of aliphatic hydroxyl groups is 1. The number of rotatable bonds is 3. The molecule has 0 unspecified atom stereocenters. The Hall–Kier alpha value is -1.59. The molecule has 0 spiro atoms. The Kier molecular flexibility index (Phi) is 2.72. The zero-order chi connectivity index (χ0) is 12.7. The van der Waals surface area contributed by atoms with Gasteiger partial charge < -0.3 is 20.1 Å². The van der Waals surface area contributed by atoms with Gasteiger partial charge in [0.25, 0.3) is 0 Å². The Morgan fingerprint density at radius 1 is 1.50 bits per heavy atom. The summed E-state index contributed by atoms with van der Waals surface area (Å²) in [4.78, 5) is 4.44. The smallest absolute Gasteiger partial charge is 0.135 e. The molecule has 1 saturated carbocycles. The van der Waals surface area contributed by atoms with E-state index >= 15 is 0 Å². The second-order valence-electron chi connectivity index (χ2n) is 4.79. The lowest BCUT2D eigenvalue weighted by Gasteiger charge is -2.36. The standard InChI is InChI=1S/C13H17N3O2/c1-18-10-5-9(6-10)16-12-3-2-8(14)4-11(12)15-13(16)7-17/h2-4,9-10,17H,5-7,14H2,1H3. The number of benzene rings is 1. The van der Waals surface area contributed by atoms with Crippen molar-refractivity contribution in [2.24, 2.45) is 0 Å². The van der Waals surface area contributed by atoms with Crippen LogP contribution in [0, 0.1) is 0 Å². The molecule has 0 saturated heterocycles. The van der Waals surface area contributed by atoms with Gasteiger partial charge in [-0.15, -0.1) is 0 Å². The maximum Gasteiger partial charge on any atom is 0.135 e. The van der Waals surface area contributed by atoms with Gasteiger partial charge in [-0.3, -0.25) is 0 Å². The molecule has 3 N–H and O–H groups in total. The predicted molar refractivity (Wildman–Crippen MR) is 69.1 cm³/mol. The van der Waals surface area contributed by atoms with Gasteiger partial charge in [0, 0.05) is 18.8 Å². The summed E-state index contributed by atoms with van der Waals surface area (Å²) in [6.07, 6.45) is 2.27. The largest absolute Gasteiger partial charge is 0.399 e. The second-order valence-corrected chi connectivity index (χ2v) is 4.79. The number of hydrogen-bond donors (Lipinski definition) is 2. The quantitative estimate of drug-likeness (QED) is 0.805. The molecule has 0 atom stereocenters. The lowest BCUT2D eigenvalue weighted by Crippen LogP contribution is -2.33. The Bertz CT molecular complexity index is 573. The molecule has 0 bridgehead atoms. The summed E-state index contributed by atoms with van der Waals surface area (Å²) in [5.41, 5.74) is 8.34. The van der Waals surface area contributed by atoms with E-state index in [1.807, 2.05) is 18.2 Å². The summed E-state index contributed by atoms with van der Waals surface area (Å²) in [5, 5.41) is 9.43. The lowest BCUT2D eigenvalue weighted by molar-refractivity contribution is 0.00568. The van der Waals surface area contributed by atoms with Gasteiger partial charge in [0.2, 0.25) is 0 Å². The number of ether oxygens (including phenoxy) is 1. The summed E-state index contributed by atoms with van der Waals surface area (Å²) in [6.45, 7) is -0.0528. The second kappa shape index (κ2) is 4.26. The van der Waals surface area contributed by atoms with Gasteiger partial charge in [0.05, 0.1) is 17.1 Å². The molecule has 3 rings (SSSR count). The van der Waals surface area contributed by atoms with E-state index in [-0.39, 0.29) is 6.61 Å². The first-order chi connectivity index (χ1) is 8.72. The first kappa shape index (κ1) is 11.5. The van der Waals surface area contributed by atoms with Crippen molar-refractivity contribution in [2.45, 2.75) is 31.6 Å². The summed E-state index contributed by atoms with van der Waals surface area (Å²) >= 11 is 0. The number of aliphatic hydroxyl groups excluding tert-OH is 1. The van der Waals surface area contributed by atoms with Crippen LogP contribution >= 0.6 is 0 Å². The topological polar surface area (TPSA) is 73.3 Å². The van der Waals surface area contributed by atoms with Crippen LogP contribution in [0.15, 0.2) is 18.2 Å². The monoisotopic (exact) mass is 247 g/mol. The summed E-state index contributed by atoms with van der Waals surface area (Å²) in [6, 6.07) is 6.05. The summed E-state index contributed by atoms with van der Waals surface area (Å²) < 4.78 is 7.42. The van der Waals surface area contributed by atoms with E-state index in [2.05, 4.69) is 9.55 Å². The Balaban J connectivity index is 2.04. The fourth-order valence-corrected chi connectivity index (χ4v) is 2.63. The molecule has 18 heavy (non-hydrogen) atoms. The van der Waals surface area contributed by atoms with E-state index in [1.54, 1.807) is 7.11 Å². The van der Waals surface area contributed by atoms with Crippen LogP contribution in [0.5, 0.6) is 0 Å². The van der Waals surface area contributed by atoms with E-state index in [0.29, 0.717) is 23.7 Å². The van der Waals surface area contributed by atoms with Gasteiger partial charge in [0.15, 0.2) is 0 Å². The molecule has 1 aromatic carbocycles. The van der Waals surface area contributed by atoms with Crippen LogP contribution in [0.4, 0.5) is 5.69 Å². The van der Waals surface area contributed by atoms with Gasteiger partial charge in [-0.05, 0) is 31.0 Å². The molecular weight excluding hydrogens is 230 g/mol. The highest BCUT2D eigenvalue weighted by molar-refractivity contribution is 5.79. The van der Waals surface area contributed by atoms with E-state index in [4.69, 9.17) is 10.5 Å². The number of aromatic nitrogens is 2. The molecule has 0 aliphatic heterocycles. The molecule has 1 aliphatic rings. The summed E-state index contributed by atoms with van der Waals surface area (Å²) in [7, 11) is 1.74. The number of nitrogens with two attached hydrogens (primary N) is 1. The number of nitrogens with zero attached hydrogens (tertiary/aromatic N) is 2. The van der Waals surface area contributed by atoms with Crippen LogP contribution in [0.25, 0.3) is 11.0 Å². The van der Waals surface area contributed by atoms with Crippen molar-refractivity contribution in [2.75, 3.05) is 12.8 Å². The molecule has 0 radical (unpaired) electrons. The normalized spacial score (nSPS) is 23.2. The van der Waals surface area contributed by atoms with Crippen molar-refractivity contribution in [3.8, 4) is 0 Å². The highest BCUT2D eigenvalue weighted by Gasteiger charge is 2.32. The van der Waals surface area contributed by atoms with Crippen molar-refractivity contribution in [1.82, 2.24) is 9.55 Å². The molecule has 2 aromatic rings. The molecule has 5 heteroatoms. The minimum absolute atomic E-state index is 0.0528. The fraction of sp³-hybridized carbons (Fsp3) is 0.462. The molecule has 1 aliphatic carbocycles. The molecule has 1 fully saturated rings. The SMILES string of the molecule is COC1CC(n2c(CO)nc3cc(N)ccc32)C1. The van der Waals surface area contributed by atoms with Gasteiger partial charge in [-0.25, -0.2) is 4.98 Å². The molecule has 96 valence electrons. The fourth-order valence-electron chi connectivity index (χ4n) is 2.63. The maximum absolute atomic E-state index is 9.43. The Morgan fingerprint density at radius 3 is 2.94 bits per heavy atom. The number of methoxy groups -OCH3 is 1. The van der Waals surface area contributed by atoms with Crippen molar-refractivity contribution >= 4 is 16.7 Å². The molecule has 1 aromatic heterocycles. The number of fused-ring (bicyclic) bond motifs is 1. The Morgan fingerprint density at radius 2 is 2.28 bits per heavy atom. The summed E-state index contributed by atoms with van der Waals surface area (Å²) in [5.74, 6) is 0.704. The molecule has 5 nitrogen and oxygen atoms in total. The third kappa shape index (κ3) is 1.67.